The topological polar surface area (TPSA) is 86.2 Å². The third kappa shape index (κ3) is 58.0. The highest BCUT2D eigenvalue weighted by Gasteiger charge is 1.96. The van der Waals surface area contributed by atoms with E-state index in [2.05, 4.69) is 52.0 Å². The van der Waals surface area contributed by atoms with Crippen molar-refractivity contribution in [1.82, 2.24) is 0 Å². The third-order valence-electron chi connectivity index (χ3n) is 8.33. The van der Waals surface area contributed by atoms with E-state index in [1.54, 1.807) is 0 Å². The van der Waals surface area contributed by atoms with Crippen molar-refractivity contribution in [3.05, 3.63) is 24.3 Å². The number of unbranched alkanes of at least 4 members (excludes halogenated alkanes) is 25. The Kier molecular flexibility index (Phi) is 50.7. The zero-order chi connectivity index (χ0) is 34.6. The second kappa shape index (κ2) is 47.8. The van der Waals surface area contributed by atoms with E-state index in [4.69, 9.17) is 11.5 Å². The molecule has 2 amide bonds. The number of hydrogen-bond donors (Lipinski definition) is 2. The fourth-order valence-electron chi connectivity index (χ4n) is 5.24. The van der Waals surface area contributed by atoms with Crippen molar-refractivity contribution >= 4 is 11.8 Å². The van der Waals surface area contributed by atoms with Crippen LogP contribution in [-0.4, -0.2) is 11.8 Å². The molecule has 4 N–H and O–H groups in total. The smallest absolute Gasteiger partial charge is 0.217 e. The van der Waals surface area contributed by atoms with Gasteiger partial charge in [-0.3, -0.25) is 9.59 Å². The Morgan fingerprint density at radius 2 is 0.522 bits per heavy atom. The van der Waals surface area contributed by atoms with Gasteiger partial charge in [0.2, 0.25) is 11.8 Å². The molecule has 4 nitrogen and oxygen atoms in total. The first-order valence-electron chi connectivity index (χ1n) is 20.3. The summed E-state index contributed by atoms with van der Waals surface area (Å²) in [6, 6.07) is 0. The normalized spacial score (nSPS) is 11.0. The van der Waals surface area contributed by atoms with E-state index in [9.17, 15) is 9.59 Å². The van der Waals surface area contributed by atoms with Crippen molar-refractivity contribution < 1.29 is 9.59 Å². The monoisotopic (exact) mass is 649 g/mol. The van der Waals surface area contributed by atoms with Crippen LogP contribution >= 0.6 is 0 Å². The van der Waals surface area contributed by atoms with Crippen LogP contribution in [0, 0.1) is 0 Å². The lowest BCUT2D eigenvalue weighted by Gasteiger charge is -1.98. The molecular weight excluding hydrogens is 564 g/mol. The molecule has 0 rings (SSSR count). The molecule has 0 spiro atoms. The van der Waals surface area contributed by atoms with E-state index in [0.717, 1.165) is 0 Å². The van der Waals surface area contributed by atoms with E-state index < -0.39 is 0 Å². The van der Waals surface area contributed by atoms with Gasteiger partial charge < -0.3 is 11.5 Å². The molecule has 0 aromatic carbocycles. The molecule has 0 aliphatic rings. The number of carbonyl (C=O) groups excluding carboxylic acids is 2. The summed E-state index contributed by atoms with van der Waals surface area (Å²) >= 11 is 0. The first-order valence-corrected chi connectivity index (χ1v) is 20.3. The van der Waals surface area contributed by atoms with Crippen LogP contribution in [0.2, 0.25) is 0 Å². The molecular formula is C42H84N2O2. The van der Waals surface area contributed by atoms with Crippen LogP contribution in [0.5, 0.6) is 0 Å². The summed E-state index contributed by atoms with van der Waals surface area (Å²) in [4.78, 5) is 20.3. The molecule has 0 aliphatic heterocycles. The molecule has 0 atom stereocenters. The van der Waals surface area contributed by atoms with Crippen LogP contribution < -0.4 is 11.5 Å². The molecule has 274 valence electrons. The summed E-state index contributed by atoms with van der Waals surface area (Å²) < 4.78 is 0. The highest BCUT2D eigenvalue weighted by molar-refractivity contribution is 5.74. The van der Waals surface area contributed by atoms with Crippen molar-refractivity contribution in [3.63, 3.8) is 0 Å². The predicted octanol–water partition coefficient (Wildman–Crippen LogP) is 13.6. The Bertz CT molecular complexity index is 539. The van der Waals surface area contributed by atoms with Gasteiger partial charge in [0.25, 0.3) is 0 Å². The maximum atomic E-state index is 10.2. The summed E-state index contributed by atoms with van der Waals surface area (Å²) in [6.07, 6.45) is 50.9. The molecule has 0 heterocycles. The van der Waals surface area contributed by atoms with E-state index in [0.29, 0.717) is 25.7 Å². The number of hydrogen-bond acceptors (Lipinski definition) is 2. The second-order valence-corrected chi connectivity index (χ2v) is 13.3. The summed E-state index contributed by atoms with van der Waals surface area (Å²) in [7, 11) is 0. The van der Waals surface area contributed by atoms with Gasteiger partial charge in [0.05, 0.1) is 0 Å². The molecule has 0 aromatic heterocycles. The highest BCUT2D eigenvalue weighted by atomic mass is 16.1. The van der Waals surface area contributed by atoms with E-state index in [1.165, 1.54) is 180 Å². The lowest BCUT2D eigenvalue weighted by molar-refractivity contribution is -0.119. The van der Waals surface area contributed by atoms with Gasteiger partial charge in [0.15, 0.2) is 0 Å². The van der Waals surface area contributed by atoms with Crippen molar-refractivity contribution in [1.29, 1.82) is 0 Å². The number of rotatable bonds is 33. The molecule has 0 fully saturated rings. The maximum absolute atomic E-state index is 10.2. The molecule has 0 bridgehead atoms. The first kappa shape index (κ1) is 48.8. The van der Waals surface area contributed by atoms with Crippen LogP contribution in [0.4, 0.5) is 0 Å². The van der Waals surface area contributed by atoms with Crippen molar-refractivity contribution in [2.45, 2.75) is 233 Å². The molecule has 0 aliphatic carbocycles. The zero-order valence-electron chi connectivity index (χ0n) is 31.9. The van der Waals surface area contributed by atoms with E-state index in [-0.39, 0.29) is 11.8 Å². The molecule has 0 radical (unpaired) electrons. The van der Waals surface area contributed by atoms with Crippen LogP contribution in [0.15, 0.2) is 24.3 Å². The summed E-state index contributed by atoms with van der Waals surface area (Å²) in [5, 5.41) is 0. The Labute approximate surface area is 289 Å². The van der Waals surface area contributed by atoms with Gasteiger partial charge in [-0.2, -0.15) is 0 Å². The van der Waals surface area contributed by atoms with E-state index in [1.807, 2.05) is 0 Å². The lowest BCUT2D eigenvalue weighted by Crippen LogP contribution is -2.12. The first-order chi connectivity index (χ1) is 22.5. The van der Waals surface area contributed by atoms with Crippen LogP contribution in [0.1, 0.15) is 233 Å². The Morgan fingerprint density at radius 1 is 0.326 bits per heavy atom. The molecule has 4 heteroatoms. The van der Waals surface area contributed by atoms with Crippen LogP contribution in [-0.2, 0) is 9.59 Å². The highest BCUT2D eigenvalue weighted by Crippen LogP contribution is 2.11. The molecule has 0 aromatic rings. The molecule has 0 saturated heterocycles. The Hall–Kier alpha value is -1.58. The van der Waals surface area contributed by atoms with Crippen molar-refractivity contribution in [3.8, 4) is 0 Å². The van der Waals surface area contributed by atoms with Gasteiger partial charge in [-0.05, 0) is 64.2 Å². The SMILES string of the molecule is CCCCCCCCC=CCCCCCCCC.CCCCCCCCC=CCCCCCCCC.NC(=O)CCCCC(N)=O. The standard InChI is InChI=1S/2C18H36.C6H12N2O2/c2*1-3-5-7-9-11-13-15-17-18-16-14-12-10-8-6-4-2;7-5(9)3-1-2-4-6(8)10/h2*17-18H,3-16H2,1-2H3;1-4H2,(H2,7,9)(H2,8,10). The minimum atomic E-state index is -0.329. The number of amides is 2. The number of carbonyl (C=O) groups is 2. The average Bonchev–Trinajstić information content (AvgIpc) is 3.04. The Balaban J connectivity index is -0.000000630. The van der Waals surface area contributed by atoms with Crippen LogP contribution in [0.3, 0.4) is 0 Å². The quantitative estimate of drug-likeness (QED) is 0.0548. The van der Waals surface area contributed by atoms with Gasteiger partial charge in [-0.1, -0.05) is 180 Å². The fraction of sp³-hybridized carbons (Fsp3) is 0.857. The minimum Gasteiger partial charge on any atom is -0.370 e. The van der Waals surface area contributed by atoms with Gasteiger partial charge >= 0.3 is 0 Å². The summed E-state index contributed by atoms with van der Waals surface area (Å²) in [5.74, 6) is -0.658. The van der Waals surface area contributed by atoms with Gasteiger partial charge in [-0.15, -0.1) is 0 Å². The summed E-state index contributed by atoms with van der Waals surface area (Å²) in [6.45, 7) is 9.13. The summed E-state index contributed by atoms with van der Waals surface area (Å²) in [5.41, 5.74) is 9.71. The van der Waals surface area contributed by atoms with Crippen molar-refractivity contribution in [2.75, 3.05) is 0 Å². The van der Waals surface area contributed by atoms with Crippen molar-refractivity contribution in [2.24, 2.45) is 11.5 Å². The largest absolute Gasteiger partial charge is 0.370 e. The molecule has 46 heavy (non-hydrogen) atoms. The van der Waals surface area contributed by atoms with Gasteiger partial charge in [0, 0.05) is 12.8 Å². The number of nitrogens with two attached hydrogens (primary N) is 2. The lowest BCUT2D eigenvalue weighted by atomic mass is 10.1. The Morgan fingerprint density at radius 3 is 0.717 bits per heavy atom. The van der Waals surface area contributed by atoms with Gasteiger partial charge in [-0.25, -0.2) is 0 Å². The maximum Gasteiger partial charge on any atom is 0.217 e. The van der Waals surface area contributed by atoms with Crippen LogP contribution in [0.25, 0.3) is 0 Å². The third-order valence-corrected chi connectivity index (χ3v) is 8.33. The van der Waals surface area contributed by atoms with E-state index >= 15 is 0 Å². The minimum absolute atomic E-state index is 0.329. The zero-order valence-corrected chi connectivity index (χ0v) is 31.9. The predicted molar refractivity (Wildman–Crippen MR) is 207 cm³/mol. The number of allylic oxidation sites excluding steroid dienone is 4. The molecule has 0 saturated carbocycles. The molecule has 0 unspecified atom stereocenters. The average molecular weight is 649 g/mol. The fourth-order valence-corrected chi connectivity index (χ4v) is 5.24. The number of primary amides is 2. The second-order valence-electron chi connectivity index (χ2n) is 13.3. The van der Waals surface area contributed by atoms with Gasteiger partial charge in [0.1, 0.15) is 0 Å².